The molecule has 0 spiro atoms. The number of amides is 1. The highest BCUT2D eigenvalue weighted by molar-refractivity contribution is 7.89. The van der Waals surface area contributed by atoms with Crippen LogP contribution in [0.15, 0.2) is 89.8 Å². The van der Waals surface area contributed by atoms with Crippen LogP contribution in [0.4, 0.5) is 8.78 Å². The second-order valence-electron chi connectivity index (χ2n) is 10.6. The predicted molar refractivity (Wildman–Crippen MR) is 161 cm³/mol. The third-order valence-corrected chi connectivity index (χ3v) is 9.50. The van der Waals surface area contributed by atoms with Gasteiger partial charge in [0.2, 0.25) is 10.0 Å². The fraction of sp³-hybridized carbons (Fsp3) is 0.219. The van der Waals surface area contributed by atoms with Gasteiger partial charge in [-0.05, 0) is 84.0 Å². The van der Waals surface area contributed by atoms with Crippen LogP contribution in [0.1, 0.15) is 39.9 Å². The van der Waals surface area contributed by atoms with E-state index in [0.29, 0.717) is 35.7 Å². The molecule has 6 nitrogen and oxygen atoms in total. The maximum absolute atomic E-state index is 13.8. The third-order valence-electron chi connectivity index (χ3n) is 7.19. The Morgan fingerprint density at radius 1 is 0.791 bits per heavy atom. The highest BCUT2D eigenvalue weighted by Gasteiger charge is 2.30. The summed E-state index contributed by atoms with van der Waals surface area (Å²) in [5, 5.41) is 10.3. The van der Waals surface area contributed by atoms with Gasteiger partial charge in [-0.15, -0.1) is 0 Å². The van der Waals surface area contributed by atoms with E-state index in [1.165, 1.54) is 42.5 Å². The molecule has 1 aliphatic rings. The zero-order valence-corrected chi connectivity index (χ0v) is 25.2. The van der Waals surface area contributed by atoms with E-state index in [9.17, 15) is 27.1 Å². The second kappa shape index (κ2) is 13.0. The van der Waals surface area contributed by atoms with Gasteiger partial charge in [0.15, 0.2) is 5.75 Å². The zero-order valence-electron chi connectivity index (χ0n) is 22.9. The lowest BCUT2D eigenvalue weighted by molar-refractivity contribution is 0.0735. The minimum absolute atomic E-state index is 0.0300. The topological polar surface area (TPSA) is 77.9 Å². The normalized spacial score (nSPS) is 13.3. The molecule has 1 N–H and O–H groups in total. The molecule has 4 aromatic rings. The predicted octanol–water partition coefficient (Wildman–Crippen LogP) is 7.42. The summed E-state index contributed by atoms with van der Waals surface area (Å²) < 4.78 is 55.6. The van der Waals surface area contributed by atoms with Crippen LogP contribution in [-0.2, 0) is 29.7 Å². The lowest BCUT2D eigenvalue weighted by atomic mass is 10.1. The summed E-state index contributed by atoms with van der Waals surface area (Å²) in [6.07, 6.45) is 2.11. The molecule has 0 aromatic heterocycles. The Hall–Kier alpha value is -3.50. The number of aromatic hydroxyl groups is 1. The van der Waals surface area contributed by atoms with Gasteiger partial charge in [-0.25, -0.2) is 17.2 Å². The van der Waals surface area contributed by atoms with Crippen molar-refractivity contribution in [2.24, 2.45) is 5.92 Å². The lowest BCUT2D eigenvalue weighted by Crippen LogP contribution is -2.32. The molecule has 224 valence electrons. The zero-order chi connectivity index (χ0) is 30.7. The van der Waals surface area contributed by atoms with Gasteiger partial charge < -0.3 is 10.0 Å². The van der Waals surface area contributed by atoms with Crippen molar-refractivity contribution >= 4 is 39.1 Å². The number of hydrogen-bond acceptors (Lipinski definition) is 4. The molecule has 43 heavy (non-hydrogen) atoms. The number of benzene rings is 4. The van der Waals surface area contributed by atoms with E-state index in [0.717, 1.165) is 28.8 Å². The molecule has 1 amide bonds. The standard InChI is InChI=1S/C32H28Cl2F2N2O4S/c33-26-15-29(34)31(39)30(16-26)43(41,42)38(20-24-7-13-28(36)14-8-24)19-23-3-9-25(10-4-23)32(40)37(17-21-1-2-21)18-22-5-11-27(35)12-6-22/h3-16,21,39H,1-2,17-20H2. The monoisotopic (exact) mass is 644 g/mol. The summed E-state index contributed by atoms with van der Waals surface area (Å²) in [5.41, 5.74) is 2.33. The van der Waals surface area contributed by atoms with Gasteiger partial charge >= 0.3 is 0 Å². The van der Waals surface area contributed by atoms with Crippen LogP contribution >= 0.6 is 23.2 Å². The number of nitrogens with zero attached hydrogens (tertiary/aromatic N) is 2. The average Bonchev–Trinajstić information content (AvgIpc) is 3.80. The number of carbonyl (C=O) groups is 1. The smallest absolute Gasteiger partial charge is 0.254 e. The Balaban J connectivity index is 1.40. The number of rotatable bonds is 11. The molecule has 1 saturated carbocycles. The van der Waals surface area contributed by atoms with Crippen molar-refractivity contribution in [2.75, 3.05) is 6.54 Å². The Labute approximate surface area is 259 Å². The molecule has 0 bridgehead atoms. The van der Waals surface area contributed by atoms with Gasteiger partial charge in [-0.3, -0.25) is 4.79 Å². The van der Waals surface area contributed by atoms with Gasteiger partial charge in [-0.2, -0.15) is 4.31 Å². The van der Waals surface area contributed by atoms with Crippen LogP contribution in [0, 0.1) is 17.6 Å². The van der Waals surface area contributed by atoms with Crippen molar-refractivity contribution in [3.05, 3.63) is 129 Å². The molecule has 0 aliphatic heterocycles. The van der Waals surface area contributed by atoms with Gasteiger partial charge in [0, 0.05) is 36.8 Å². The average molecular weight is 646 g/mol. The van der Waals surface area contributed by atoms with Gasteiger partial charge in [0.25, 0.3) is 5.91 Å². The molecular weight excluding hydrogens is 617 g/mol. The maximum Gasteiger partial charge on any atom is 0.254 e. The first-order chi connectivity index (χ1) is 20.5. The van der Waals surface area contributed by atoms with E-state index in [-0.39, 0.29) is 34.9 Å². The molecular formula is C32H28Cl2F2N2O4S. The van der Waals surface area contributed by atoms with Gasteiger partial charge in [0.1, 0.15) is 16.5 Å². The van der Waals surface area contributed by atoms with Crippen molar-refractivity contribution in [3.8, 4) is 5.75 Å². The van der Waals surface area contributed by atoms with Crippen LogP contribution in [0.3, 0.4) is 0 Å². The van der Waals surface area contributed by atoms with Crippen molar-refractivity contribution < 1.29 is 27.1 Å². The summed E-state index contributed by atoms with van der Waals surface area (Å²) >= 11 is 12.1. The first-order valence-electron chi connectivity index (χ1n) is 13.5. The minimum Gasteiger partial charge on any atom is -0.505 e. The van der Waals surface area contributed by atoms with Gasteiger partial charge in [0.05, 0.1) is 5.02 Å². The number of hydrogen-bond donors (Lipinski definition) is 1. The molecule has 5 rings (SSSR count). The number of sulfonamides is 1. The number of phenols is 1. The highest BCUT2D eigenvalue weighted by atomic mass is 35.5. The second-order valence-corrected chi connectivity index (χ2v) is 13.3. The van der Waals surface area contributed by atoms with Crippen LogP contribution in [0.2, 0.25) is 10.0 Å². The molecule has 0 unspecified atom stereocenters. The molecule has 0 atom stereocenters. The van der Waals surface area contributed by atoms with Crippen LogP contribution < -0.4 is 0 Å². The highest BCUT2D eigenvalue weighted by Crippen LogP contribution is 2.37. The first-order valence-corrected chi connectivity index (χ1v) is 15.7. The Bertz CT molecular complexity index is 1710. The number of phenolic OH excluding ortho intramolecular Hbond substituents is 1. The largest absolute Gasteiger partial charge is 0.505 e. The van der Waals surface area contributed by atoms with E-state index in [1.54, 1.807) is 41.3 Å². The van der Waals surface area contributed by atoms with Crippen LogP contribution in [0.25, 0.3) is 0 Å². The molecule has 11 heteroatoms. The fourth-order valence-corrected chi connectivity index (χ4v) is 6.84. The number of halogens is 4. The van der Waals surface area contributed by atoms with Crippen LogP contribution in [-0.4, -0.2) is 35.2 Å². The molecule has 1 fully saturated rings. The lowest BCUT2D eigenvalue weighted by Gasteiger charge is -2.24. The molecule has 0 heterocycles. The van der Waals surface area contributed by atoms with Gasteiger partial charge in [-0.1, -0.05) is 59.6 Å². The third kappa shape index (κ3) is 7.72. The van der Waals surface area contributed by atoms with Crippen molar-refractivity contribution in [3.63, 3.8) is 0 Å². The van der Waals surface area contributed by atoms with Crippen molar-refractivity contribution in [1.82, 2.24) is 9.21 Å². The van der Waals surface area contributed by atoms with E-state index < -0.39 is 26.5 Å². The van der Waals surface area contributed by atoms with E-state index >= 15 is 0 Å². The van der Waals surface area contributed by atoms with Crippen molar-refractivity contribution in [1.29, 1.82) is 0 Å². The Morgan fingerprint density at radius 3 is 1.79 bits per heavy atom. The molecule has 0 saturated heterocycles. The minimum atomic E-state index is -4.35. The summed E-state index contributed by atoms with van der Waals surface area (Å²) in [7, 11) is -4.35. The van der Waals surface area contributed by atoms with Crippen molar-refractivity contribution in [2.45, 2.75) is 37.4 Å². The quantitative estimate of drug-likeness (QED) is 0.184. The maximum atomic E-state index is 13.8. The Kier molecular flexibility index (Phi) is 9.36. The van der Waals surface area contributed by atoms with Crippen LogP contribution in [0.5, 0.6) is 5.75 Å². The summed E-state index contributed by atoms with van der Waals surface area (Å²) in [5.74, 6) is -1.19. The fourth-order valence-electron chi connectivity index (χ4n) is 4.68. The van der Waals surface area contributed by atoms with E-state index in [1.807, 2.05) is 0 Å². The Morgan fingerprint density at radius 2 is 1.28 bits per heavy atom. The molecule has 4 aromatic carbocycles. The summed E-state index contributed by atoms with van der Waals surface area (Å²) in [6, 6.07) is 20.4. The summed E-state index contributed by atoms with van der Waals surface area (Å²) in [6.45, 7) is 0.666. The molecule has 0 radical (unpaired) electrons. The van der Waals surface area contributed by atoms with E-state index in [2.05, 4.69) is 0 Å². The SMILES string of the molecule is O=C(c1ccc(CN(Cc2ccc(F)cc2)S(=O)(=O)c2cc(Cl)cc(Cl)c2O)cc1)N(Cc1ccc(F)cc1)CC1CC1. The summed E-state index contributed by atoms with van der Waals surface area (Å²) in [4.78, 5) is 14.8. The molecule has 1 aliphatic carbocycles. The number of carbonyl (C=O) groups excluding carboxylic acids is 1. The first kappa shape index (κ1) is 30.9. The van der Waals surface area contributed by atoms with E-state index in [4.69, 9.17) is 23.2 Å².